The smallest absolute Gasteiger partial charge is 0.702 e. The van der Waals surface area contributed by atoms with Crippen LogP contribution in [0.25, 0.3) is 5.73 Å². The Balaban J connectivity index is 0. The van der Waals surface area contributed by atoms with E-state index in [0.29, 0.717) is 5.70 Å². The third-order valence-corrected chi connectivity index (χ3v) is 1.32. The van der Waals surface area contributed by atoms with Crippen molar-refractivity contribution in [1.82, 2.24) is 0 Å². The minimum Gasteiger partial charge on any atom is -0.702 e. The molecule has 0 spiro atoms. The molecule has 0 aromatic heterocycles. The van der Waals surface area contributed by atoms with E-state index in [0.717, 1.165) is 0 Å². The quantitative estimate of drug-likeness (QED) is 0.416. The van der Waals surface area contributed by atoms with Crippen molar-refractivity contribution in [2.24, 2.45) is 5.41 Å². The first-order chi connectivity index (χ1) is 4.98. The van der Waals surface area contributed by atoms with Crippen LogP contribution in [0.3, 0.4) is 0 Å². The molecule has 0 unspecified atom stereocenters. The molecule has 0 aromatic rings. The van der Waals surface area contributed by atoms with Crippen molar-refractivity contribution in [1.29, 1.82) is 0 Å². The summed E-state index contributed by atoms with van der Waals surface area (Å²) in [4.78, 5) is 0. The normalized spacial score (nSPS) is 12.8. The van der Waals surface area contributed by atoms with Gasteiger partial charge in [-0.2, -0.15) is 5.70 Å². The zero-order valence-electron chi connectivity index (χ0n) is 8.52. The van der Waals surface area contributed by atoms with Crippen LogP contribution in [-0.4, -0.2) is 0 Å². The van der Waals surface area contributed by atoms with Gasteiger partial charge < -0.3 is 5.73 Å². The van der Waals surface area contributed by atoms with Crippen molar-refractivity contribution < 1.29 is 18.9 Å². The van der Waals surface area contributed by atoms with E-state index in [1.807, 2.05) is 32.9 Å². The van der Waals surface area contributed by atoms with Gasteiger partial charge in [-0.1, -0.05) is 51.7 Å². The van der Waals surface area contributed by atoms with Crippen LogP contribution in [0.15, 0.2) is 36.6 Å². The average Bonchev–Trinajstić information content (AvgIpc) is 1.86. The topological polar surface area (TPSA) is 23.8 Å². The van der Waals surface area contributed by atoms with Gasteiger partial charge >= 0.3 is 18.9 Å². The van der Waals surface area contributed by atoms with Crippen LogP contribution in [0.2, 0.25) is 0 Å². The molecule has 0 bridgehead atoms. The third-order valence-electron chi connectivity index (χ3n) is 1.32. The zero-order chi connectivity index (χ0) is 8.91. The first-order valence-corrected chi connectivity index (χ1v) is 3.70. The largest absolute Gasteiger partial charge is 1.00 e. The maximum absolute atomic E-state index is 7.58. The Morgan fingerprint density at radius 2 is 1.75 bits per heavy atom. The number of hydrogen-bond donors (Lipinski definition) is 0. The molecule has 0 saturated heterocycles. The number of allylic oxidation sites excluding steroid dienone is 5. The van der Waals surface area contributed by atoms with Crippen LogP contribution in [0.1, 0.15) is 20.8 Å². The van der Waals surface area contributed by atoms with Gasteiger partial charge in [-0.05, 0) is 5.41 Å². The van der Waals surface area contributed by atoms with Crippen molar-refractivity contribution in [2.45, 2.75) is 20.8 Å². The monoisotopic (exact) mass is 157 g/mol. The number of rotatable bonds is 2. The van der Waals surface area contributed by atoms with Gasteiger partial charge in [0.15, 0.2) is 0 Å². The molecular formula is C10H16LiN. The fraction of sp³-hybridized carbons (Fsp3) is 0.400. The number of nitrogens with one attached hydrogen (secondary N) is 1. The molecule has 0 atom stereocenters. The summed E-state index contributed by atoms with van der Waals surface area (Å²) >= 11 is 0. The third kappa shape index (κ3) is 6.34. The molecule has 0 aliphatic carbocycles. The Bertz CT molecular complexity index is 185. The molecule has 1 N–H and O–H groups in total. The van der Waals surface area contributed by atoms with E-state index in [4.69, 9.17) is 5.73 Å². The minimum atomic E-state index is -0.0501. The first kappa shape index (κ1) is 14.2. The molecule has 0 aromatic carbocycles. The molecule has 0 aliphatic rings. The van der Waals surface area contributed by atoms with Gasteiger partial charge in [0.1, 0.15) is 0 Å². The Morgan fingerprint density at radius 1 is 1.25 bits per heavy atom. The van der Waals surface area contributed by atoms with Gasteiger partial charge in [-0.15, -0.1) is 0 Å². The predicted molar refractivity (Wildman–Crippen MR) is 51.2 cm³/mol. The van der Waals surface area contributed by atoms with Crippen molar-refractivity contribution in [3.05, 3.63) is 42.3 Å². The fourth-order valence-corrected chi connectivity index (χ4v) is 0.480. The van der Waals surface area contributed by atoms with Crippen molar-refractivity contribution in [3.8, 4) is 0 Å². The van der Waals surface area contributed by atoms with E-state index in [1.54, 1.807) is 12.2 Å². The van der Waals surface area contributed by atoms with E-state index in [-0.39, 0.29) is 24.3 Å². The maximum atomic E-state index is 7.58. The SMILES string of the molecule is C=C/C=C/C=C(\[NH-])C(C)(C)C.[Li+]. The van der Waals surface area contributed by atoms with Gasteiger partial charge in [0, 0.05) is 0 Å². The minimum absolute atomic E-state index is 0. The Morgan fingerprint density at radius 3 is 2.08 bits per heavy atom. The summed E-state index contributed by atoms with van der Waals surface area (Å²) in [7, 11) is 0. The Hall–Kier alpha value is -0.383. The fourth-order valence-electron chi connectivity index (χ4n) is 0.480. The first-order valence-electron chi connectivity index (χ1n) is 3.70. The van der Waals surface area contributed by atoms with Gasteiger partial charge in [0.2, 0.25) is 0 Å². The van der Waals surface area contributed by atoms with Gasteiger partial charge in [0.25, 0.3) is 0 Å². The van der Waals surface area contributed by atoms with Crippen LogP contribution in [0.4, 0.5) is 0 Å². The molecular weight excluding hydrogens is 141 g/mol. The second-order valence-electron chi connectivity index (χ2n) is 3.45. The van der Waals surface area contributed by atoms with Crippen molar-refractivity contribution in [2.75, 3.05) is 0 Å². The summed E-state index contributed by atoms with van der Waals surface area (Å²) < 4.78 is 0. The van der Waals surface area contributed by atoms with Crippen LogP contribution in [0, 0.1) is 5.41 Å². The van der Waals surface area contributed by atoms with Crippen molar-refractivity contribution >= 4 is 0 Å². The Labute approximate surface area is 87.6 Å². The van der Waals surface area contributed by atoms with E-state index in [2.05, 4.69) is 6.58 Å². The molecule has 0 saturated carbocycles. The zero-order valence-corrected chi connectivity index (χ0v) is 8.52. The summed E-state index contributed by atoms with van der Waals surface area (Å²) in [6, 6.07) is 0. The van der Waals surface area contributed by atoms with E-state index in [9.17, 15) is 0 Å². The number of hydrogen-bond acceptors (Lipinski definition) is 0. The van der Waals surface area contributed by atoms with Crippen LogP contribution in [0.5, 0.6) is 0 Å². The van der Waals surface area contributed by atoms with Crippen LogP contribution < -0.4 is 18.9 Å². The van der Waals surface area contributed by atoms with Crippen LogP contribution in [-0.2, 0) is 0 Å². The molecule has 0 heterocycles. The van der Waals surface area contributed by atoms with Gasteiger partial charge in [-0.3, -0.25) is 0 Å². The van der Waals surface area contributed by atoms with E-state index >= 15 is 0 Å². The summed E-state index contributed by atoms with van der Waals surface area (Å²) in [6.07, 6.45) is 7.15. The summed E-state index contributed by atoms with van der Waals surface area (Å²) in [5, 5.41) is 0. The standard InChI is InChI=1S/C10H16N.Li/c1-5-6-7-8-9(11)10(2,3)4;/h5-8,11H,1H2,2-4H3;/q-1;+1/b7-6+,9-8-;. The molecule has 12 heavy (non-hydrogen) atoms. The molecule has 0 fully saturated rings. The predicted octanol–water partition coefficient (Wildman–Crippen LogP) is 0.715. The van der Waals surface area contributed by atoms with Gasteiger partial charge in [0.05, 0.1) is 0 Å². The Kier molecular flexibility index (Phi) is 7.28. The summed E-state index contributed by atoms with van der Waals surface area (Å²) in [5.74, 6) is 0. The van der Waals surface area contributed by atoms with E-state index < -0.39 is 0 Å². The molecule has 62 valence electrons. The van der Waals surface area contributed by atoms with Crippen LogP contribution >= 0.6 is 0 Å². The second-order valence-corrected chi connectivity index (χ2v) is 3.45. The van der Waals surface area contributed by atoms with Crippen molar-refractivity contribution in [3.63, 3.8) is 0 Å². The molecule has 0 radical (unpaired) electrons. The average molecular weight is 157 g/mol. The molecule has 0 aliphatic heterocycles. The second kappa shape index (κ2) is 6.17. The summed E-state index contributed by atoms with van der Waals surface area (Å²) in [5.41, 5.74) is 8.16. The van der Waals surface area contributed by atoms with Gasteiger partial charge in [-0.25, -0.2) is 0 Å². The summed E-state index contributed by atoms with van der Waals surface area (Å²) in [6.45, 7) is 9.61. The molecule has 0 amide bonds. The van der Waals surface area contributed by atoms with E-state index in [1.165, 1.54) is 0 Å². The molecule has 2 heteroatoms. The molecule has 1 nitrogen and oxygen atoms in total. The molecule has 0 rings (SSSR count). The maximum Gasteiger partial charge on any atom is 1.00 e.